The summed E-state index contributed by atoms with van der Waals surface area (Å²) >= 11 is 0. The number of hydrogen-bond acceptors (Lipinski definition) is 5. The normalized spacial score (nSPS) is 10.8. The van der Waals surface area contributed by atoms with Crippen LogP contribution in [0.3, 0.4) is 0 Å². The zero-order valence-corrected chi connectivity index (χ0v) is 15.0. The van der Waals surface area contributed by atoms with Crippen molar-refractivity contribution in [1.82, 2.24) is 0 Å². The number of carbonyl (C=O) groups is 2. The monoisotopic (exact) mass is 365 g/mol. The molecule has 1 amide bonds. The largest absolute Gasteiger partial charge is 0.460 e. The lowest BCUT2D eigenvalue weighted by Gasteiger charge is -2.10. The zero-order chi connectivity index (χ0) is 19.4. The Morgan fingerprint density at radius 2 is 1.81 bits per heavy atom. The molecule has 0 spiro atoms. The van der Waals surface area contributed by atoms with Crippen LogP contribution in [0.1, 0.15) is 34.8 Å². The molecule has 138 valence electrons. The molecule has 27 heavy (non-hydrogen) atoms. The first kappa shape index (κ1) is 18.4. The quantitative estimate of drug-likeness (QED) is 0.694. The average Bonchev–Trinajstić information content (AvgIpc) is 2.67. The lowest BCUT2D eigenvalue weighted by atomic mass is 10.1. The van der Waals surface area contributed by atoms with Crippen molar-refractivity contribution in [3.05, 3.63) is 76.1 Å². The fraction of sp³-hybridized carbons (Fsp3) is 0.190. The summed E-state index contributed by atoms with van der Waals surface area (Å²) in [5, 5.41) is 2.99. The van der Waals surface area contributed by atoms with E-state index in [-0.39, 0.29) is 40.6 Å². The van der Waals surface area contributed by atoms with Crippen LogP contribution >= 0.6 is 0 Å². The van der Waals surface area contributed by atoms with Crippen LogP contribution in [-0.4, -0.2) is 18.5 Å². The van der Waals surface area contributed by atoms with Crippen molar-refractivity contribution in [3.63, 3.8) is 0 Å². The molecule has 1 aromatic heterocycles. The topological polar surface area (TPSA) is 85.6 Å². The molecule has 0 saturated heterocycles. The van der Waals surface area contributed by atoms with Crippen LogP contribution in [0.4, 0.5) is 5.69 Å². The Labute approximate surface area is 155 Å². The van der Waals surface area contributed by atoms with Crippen LogP contribution in [0.15, 0.2) is 63.8 Å². The number of ether oxygens (including phenoxy) is 1. The van der Waals surface area contributed by atoms with E-state index in [0.717, 1.165) is 6.07 Å². The summed E-state index contributed by atoms with van der Waals surface area (Å²) in [6, 6.07) is 14.6. The molecule has 0 aliphatic rings. The van der Waals surface area contributed by atoms with Crippen molar-refractivity contribution in [2.75, 3.05) is 11.9 Å². The number of nitrogens with one attached hydrogen (secondary N) is 1. The van der Waals surface area contributed by atoms with Gasteiger partial charge in [-0.25, -0.2) is 4.79 Å². The number of fused-ring (bicyclic) bond motifs is 1. The molecule has 6 nitrogen and oxygen atoms in total. The molecule has 2 aromatic carbocycles. The van der Waals surface area contributed by atoms with Gasteiger partial charge in [-0.3, -0.25) is 9.59 Å². The maximum absolute atomic E-state index is 12.4. The molecule has 3 aromatic rings. The van der Waals surface area contributed by atoms with Crippen molar-refractivity contribution in [2.45, 2.75) is 13.8 Å². The Morgan fingerprint density at radius 1 is 1.07 bits per heavy atom. The Morgan fingerprint density at radius 3 is 2.52 bits per heavy atom. The highest BCUT2D eigenvalue weighted by Gasteiger charge is 2.17. The average molecular weight is 365 g/mol. The van der Waals surface area contributed by atoms with Crippen LogP contribution in [0.25, 0.3) is 11.0 Å². The van der Waals surface area contributed by atoms with Crippen LogP contribution in [0.2, 0.25) is 0 Å². The fourth-order valence-electron chi connectivity index (χ4n) is 2.47. The molecule has 0 aliphatic heterocycles. The molecule has 0 saturated carbocycles. The molecule has 0 atom stereocenters. The van der Waals surface area contributed by atoms with Gasteiger partial charge < -0.3 is 14.5 Å². The molecule has 6 heteroatoms. The smallest absolute Gasteiger partial charge is 0.374 e. The molecule has 0 fully saturated rings. The van der Waals surface area contributed by atoms with E-state index in [2.05, 4.69) is 5.32 Å². The highest BCUT2D eigenvalue weighted by molar-refractivity contribution is 6.08. The Kier molecular flexibility index (Phi) is 5.35. The van der Waals surface area contributed by atoms with E-state index in [0.29, 0.717) is 11.3 Å². The fourth-order valence-corrected chi connectivity index (χ4v) is 2.47. The van der Waals surface area contributed by atoms with Gasteiger partial charge in [-0.2, -0.15) is 0 Å². The number of amides is 1. The third kappa shape index (κ3) is 4.23. The van der Waals surface area contributed by atoms with Crippen LogP contribution in [-0.2, 0) is 4.74 Å². The third-order valence-corrected chi connectivity index (χ3v) is 3.79. The Balaban J connectivity index is 1.97. The zero-order valence-electron chi connectivity index (χ0n) is 15.0. The second kappa shape index (κ2) is 7.86. The van der Waals surface area contributed by atoms with Gasteiger partial charge in [0.25, 0.3) is 5.91 Å². The van der Waals surface area contributed by atoms with Gasteiger partial charge in [-0.15, -0.1) is 0 Å². The van der Waals surface area contributed by atoms with E-state index in [1.807, 2.05) is 19.9 Å². The maximum Gasteiger partial charge on any atom is 0.374 e. The Bertz CT molecular complexity index is 1040. The summed E-state index contributed by atoms with van der Waals surface area (Å²) in [5.41, 5.74) is 0.510. The number of esters is 1. The van der Waals surface area contributed by atoms with Crippen molar-refractivity contribution in [1.29, 1.82) is 0 Å². The predicted molar refractivity (Wildman–Crippen MR) is 102 cm³/mol. The molecule has 0 unspecified atom stereocenters. The predicted octanol–water partition coefficient (Wildman–Crippen LogP) is 3.86. The number of anilines is 1. The van der Waals surface area contributed by atoms with Gasteiger partial charge in [0.15, 0.2) is 11.0 Å². The number of benzene rings is 2. The second-order valence-corrected chi connectivity index (χ2v) is 6.47. The van der Waals surface area contributed by atoms with Crippen molar-refractivity contribution < 1.29 is 18.7 Å². The van der Waals surface area contributed by atoms with Crippen LogP contribution in [0.5, 0.6) is 0 Å². The summed E-state index contributed by atoms with van der Waals surface area (Å²) in [5.74, 6) is -1.11. The molecule has 0 radical (unpaired) electrons. The highest BCUT2D eigenvalue weighted by Crippen LogP contribution is 2.23. The molecule has 0 aliphatic carbocycles. The van der Waals surface area contributed by atoms with Gasteiger partial charge in [0.2, 0.25) is 5.76 Å². The Hall–Kier alpha value is -3.41. The first-order valence-corrected chi connectivity index (χ1v) is 8.56. The number of rotatable bonds is 5. The number of carbonyl (C=O) groups excluding carboxylic acids is 2. The van der Waals surface area contributed by atoms with Crippen molar-refractivity contribution in [3.8, 4) is 0 Å². The van der Waals surface area contributed by atoms with E-state index in [4.69, 9.17) is 9.15 Å². The van der Waals surface area contributed by atoms with Gasteiger partial charge in [-0.1, -0.05) is 38.1 Å². The van der Waals surface area contributed by atoms with Gasteiger partial charge in [0, 0.05) is 11.6 Å². The number of hydrogen-bond donors (Lipinski definition) is 1. The van der Waals surface area contributed by atoms with Gasteiger partial charge in [0.05, 0.1) is 17.7 Å². The molecular formula is C21H19NO5. The minimum Gasteiger partial charge on any atom is -0.460 e. The highest BCUT2D eigenvalue weighted by atomic mass is 16.5. The number of para-hydroxylation sites is 1. The molecule has 3 rings (SSSR count). The van der Waals surface area contributed by atoms with E-state index in [9.17, 15) is 14.4 Å². The lowest BCUT2D eigenvalue weighted by Crippen LogP contribution is -2.15. The maximum atomic E-state index is 12.4. The van der Waals surface area contributed by atoms with E-state index in [1.54, 1.807) is 42.5 Å². The molecule has 1 heterocycles. The second-order valence-electron chi connectivity index (χ2n) is 6.47. The summed E-state index contributed by atoms with van der Waals surface area (Å²) in [4.78, 5) is 36.9. The van der Waals surface area contributed by atoms with Gasteiger partial charge in [0.1, 0.15) is 0 Å². The standard InChI is InChI=1S/C21H19NO5/c1-13(2)12-26-21(25)18-11-17(23)15-9-6-10-16(19(15)27-18)22-20(24)14-7-4-3-5-8-14/h3-11,13H,12H2,1-2H3,(H,22,24). The van der Waals surface area contributed by atoms with Gasteiger partial charge in [-0.05, 0) is 30.2 Å². The molecular weight excluding hydrogens is 346 g/mol. The lowest BCUT2D eigenvalue weighted by molar-refractivity contribution is 0.0423. The first-order chi connectivity index (χ1) is 13.0. The molecule has 1 N–H and O–H groups in total. The van der Waals surface area contributed by atoms with Crippen molar-refractivity contribution >= 4 is 28.5 Å². The summed E-state index contributed by atoms with van der Waals surface area (Å²) in [7, 11) is 0. The summed E-state index contributed by atoms with van der Waals surface area (Å²) in [6.07, 6.45) is 0. The SMILES string of the molecule is CC(C)COC(=O)c1cc(=O)c2cccc(NC(=O)c3ccccc3)c2o1. The van der Waals surface area contributed by atoms with Crippen LogP contribution in [0, 0.1) is 5.92 Å². The van der Waals surface area contributed by atoms with E-state index >= 15 is 0 Å². The van der Waals surface area contributed by atoms with Gasteiger partial charge >= 0.3 is 5.97 Å². The third-order valence-electron chi connectivity index (χ3n) is 3.79. The minimum atomic E-state index is -0.716. The van der Waals surface area contributed by atoms with E-state index < -0.39 is 5.97 Å². The summed E-state index contributed by atoms with van der Waals surface area (Å²) in [6.45, 7) is 4.02. The van der Waals surface area contributed by atoms with Crippen LogP contribution < -0.4 is 10.7 Å². The summed E-state index contributed by atoms with van der Waals surface area (Å²) < 4.78 is 10.7. The molecule has 0 bridgehead atoms. The van der Waals surface area contributed by atoms with E-state index in [1.165, 1.54) is 0 Å². The first-order valence-electron chi connectivity index (χ1n) is 8.56. The van der Waals surface area contributed by atoms with Crippen molar-refractivity contribution in [2.24, 2.45) is 5.92 Å². The minimum absolute atomic E-state index is 0.130.